The minimum atomic E-state index is -0.947. The molecule has 1 aromatic carbocycles. The number of thiazole rings is 1. The molecular weight excluding hydrogens is 425 g/mol. The van der Waals surface area contributed by atoms with E-state index in [2.05, 4.69) is 15.0 Å². The van der Waals surface area contributed by atoms with Crippen LogP contribution in [0.4, 0.5) is 4.39 Å². The maximum Gasteiger partial charge on any atom is 0.319 e. The van der Waals surface area contributed by atoms with Crippen molar-refractivity contribution in [3.8, 4) is 17.1 Å². The maximum absolute atomic E-state index is 14.4. The van der Waals surface area contributed by atoms with Gasteiger partial charge in [-0.2, -0.15) is 0 Å². The molecule has 2 heterocycles. The van der Waals surface area contributed by atoms with E-state index in [-0.39, 0.29) is 12.4 Å². The summed E-state index contributed by atoms with van der Waals surface area (Å²) in [6.07, 6.45) is 4.82. The first-order valence-corrected chi connectivity index (χ1v) is 11.1. The highest BCUT2D eigenvalue weighted by molar-refractivity contribution is 8.02. The summed E-state index contributed by atoms with van der Waals surface area (Å²) in [5, 5.41) is 11.1. The smallest absolute Gasteiger partial charge is 0.319 e. The molecule has 0 saturated carbocycles. The molecule has 0 saturated heterocycles. The largest absolute Gasteiger partial charge is 0.490 e. The number of hydrogen-bond acceptors (Lipinski definition) is 7. The first kappa shape index (κ1) is 22.2. The van der Waals surface area contributed by atoms with Gasteiger partial charge in [-0.1, -0.05) is 18.7 Å². The van der Waals surface area contributed by atoms with Crippen LogP contribution in [0.1, 0.15) is 32.0 Å². The molecule has 0 spiro atoms. The summed E-state index contributed by atoms with van der Waals surface area (Å²) >= 11 is 2.59. The monoisotopic (exact) mass is 447 g/mol. The molecule has 2 aromatic heterocycles. The average Bonchev–Trinajstić information content (AvgIpc) is 3.15. The zero-order valence-electron chi connectivity index (χ0n) is 16.9. The van der Waals surface area contributed by atoms with E-state index in [1.165, 1.54) is 29.2 Å². The molecule has 0 aliphatic carbocycles. The lowest BCUT2D eigenvalue weighted by atomic mass is 10.2. The zero-order chi connectivity index (χ0) is 21.7. The van der Waals surface area contributed by atoms with Gasteiger partial charge in [-0.15, -0.1) is 11.3 Å². The molecule has 3 rings (SSSR count). The molecule has 0 atom stereocenters. The van der Waals surface area contributed by atoms with Crippen molar-refractivity contribution in [2.75, 3.05) is 6.61 Å². The van der Waals surface area contributed by atoms with Gasteiger partial charge < -0.3 is 9.84 Å². The van der Waals surface area contributed by atoms with Crippen molar-refractivity contribution in [1.29, 1.82) is 0 Å². The van der Waals surface area contributed by atoms with E-state index >= 15 is 0 Å². The number of carboxylic acids is 1. The van der Waals surface area contributed by atoms with Gasteiger partial charge in [-0.05, 0) is 44.0 Å². The van der Waals surface area contributed by atoms with Crippen LogP contribution >= 0.6 is 23.1 Å². The van der Waals surface area contributed by atoms with Gasteiger partial charge in [0, 0.05) is 29.8 Å². The fourth-order valence-electron chi connectivity index (χ4n) is 2.42. The highest BCUT2D eigenvalue weighted by Gasteiger charge is 2.29. The number of rotatable bonds is 9. The van der Waals surface area contributed by atoms with Crippen molar-refractivity contribution < 1.29 is 19.0 Å². The molecule has 158 valence electrons. The van der Waals surface area contributed by atoms with E-state index in [1.54, 1.807) is 38.4 Å². The van der Waals surface area contributed by atoms with Crippen molar-refractivity contribution in [2.45, 2.75) is 42.7 Å². The van der Waals surface area contributed by atoms with Crippen molar-refractivity contribution in [1.82, 2.24) is 15.0 Å². The number of carbonyl (C=O) groups is 1. The zero-order valence-corrected chi connectivity index (χ0v) is 18.5. The van der Waals surface area contributed by atoms with Crippen LogP contribution in [0.3, 0.4) is 0 Å². The first-order valence-electron chi connectivity index (χ1n) is 9.39. The Morgan fingerprint density at radius 1 is 1.30 bits per heavy atom. The Hall–Kier alpha value is -2.52. The van der Waals surface area contributed by atoms with Gasteiger partial charge in [0.25, 0.3) is 0 Å². The van der Waals surface area contributed by atoms with Crippen LogP contribution in [0.15, 0.2) is 40.3 Å². The molecule has 0 amide bonds. The number of carboxylic acid groups (broad SMARTS) is 1. The van der Waals surface area contributed by atoms with Crippen molar-refractivity contribution >= 4 is 29.1 Å². The van der Waals surface area contributed by atoms with E-state index in [1.807, 2.05) is 12.3 Å². The van der Waals surface area contributed by atoms with Crippen LogP contribution in [0, 0.1) is 5.82 Å². The normalized spacial score (nSPS) is 11.5. The predicted molar refractivity (Wildman–Crippen MR) is 116 cm³/mol. The Morgan fingerprint density at radius 2 is 2.03 bits per heavy atom. The summed E-state index contributed by atoms with van der Waals surface area (Å²) in [4.78, 5) is 24.2. The predicted octanol–water partition coefficient (Wildman–Crippen LogP) is 4.88. The second-order valence-electron chi connectivity index (χ2n) is 7.03. The number of aryl methyl sites for hydroxylation is 1. The Morgan fingerprint density at radius 3 is 2.67 bits per heavy atom. The van der Waals surface area contributed by atoms with E-state index in [0.29, 0.717) is 22.1 Å². The summed E-state index contributed by atoms with van der Waals surface area (Å²) in [5.74, 6) is -0.748. The Kier molecular flexibility index (Phi) is 7.04. The summed E-state index contributed by atoms with van der Waals surface area (Å²) in [7, 11) is 0. The van der Waals surface area contributed by atoms with Crippen molar-refractivity contribution in [3.05, 3.63) is 53.0 Å². The van der Waals surface area contributed by atoms with Crippen molar-refractivity contribution in [3.63, 3.8) is 0 Å². The number of hydrogen-bond donors (Lipinski definition) is 1. The van der Waals surface area contributed by atoms with Crippen LogP contribution in [0.5, 0.6) is 5.75 Å². The number of aliphatic carboxylic acids is 1. The molecule has 0 radical (unpaired) electrons. The fourth-order valence-corrected chi connectivity index (χ4v) is 4.65. The third-order valence-corrected chi connectivity index (χ3v) is 6.48. The lowest BCUT2D eigenvalue weighted by Gasteiger charge is -2.15. The molecule has 9 heteroatoms. The molecule has 0 fully saturated rings. The molecule has 0 bridgehead atoms. The quantitative estimate of drug-likeness (QED) is 0.468. The minimum absolute atomic E-state index is 0.153. The molecule has 0 aliphatic heterocycles. The SMILES string of the molecule is CCc1cnc(-c2ccc(OCCc3csc(SC(C)(C)C(=O)O)n3)c(F)c2)nc1. The number of nitrogens with zero attached hydrogens (tertiary/aromatic N) is 3. The second-order valence-corrected chi connectivity index (χ2v) is 9.76. The van der Waals surface area contributed by atoms with Crippen LogP contribution in [-0.2, 0) is 17.6 Å². The average molecular weight is 448 g/mol. The Labute approximate surface area is 182 Å². The van der Waals surface area contributed by atoms with Gasteiger partial charge in [0.05, 0.1) is 12.3 Å². The highest BCUT2D eigenvalue weighted by atomic mass is 32.2. The highest BCUT2D eigenvalue weighted by Crippen LogP contribution is 2.34. The molecular formula is C21H22FN3O3S2. The number of benzene rings is 1. The number of ether oxygens (including phenoxy) is 1. The van der Waals surface area contributed by atoms with E-state index in [0.717, 1.165) is 17.7 Å². The van der Waals surface area contributed by atoms with Crippen molar-refractivity contribution in [2.24, 2.45) is 0 Å². The fraction of sp³-hybridized carbons (Fsp3) is 0.333. The van der Waals surface area contributed by atoms with Gasteiger partial charge in [0.1, 0.15) is 4.75 Å². The van der Waals surface area contributed by atoms with Crippen LogP contribution in [-0.4, -0.2) is 37.4 Å². The molecule has 6 nitrogen and oxygen atoms in total. The van der Waals surface area contributed by atoms with Gasteiger partial charge in [-0.3, -0.25) is 4.79 Å². The second kappa shape index (κ2) is 9.53. The summed E-state index contributed by atoms with van der Waals surface area (Å²) < 4.78 is 19.7. The van der Waals surface area contributed by atoms with Crippen LogP contribution in [0.2, 0.25) is 0 Å². The Balaban J connectivity index is 1.57. The van der Waals surface area contributed by atoms with E-state index < -0.39 is 16.5 Å². The third-order valence-electron chi connectivity index (χ3n) is 4.31. The molecule has 0 aliphatic rings. The van der Waals surface area contributed by atoms with E-state index in [4.69, 9.17) is 4.74 Å². The lowest BCUT2D eigenvalue weighted by molar-refractivity contribution is -0.138. The summed E-state index contributed by atoms with van der Waals surface area (Å²) in [6, 6.07) is 4.66. The number of thioether (sulfide) groups is 1. The van der Waals surface area contributed by atoms with Gasteiger partial charge in [0.2, 0.25) is 0 Å². The third kappa shape index (κ3) is 5.54. The minimum Gasteiger partial charge on any atom is -0.490 e. The first-order chi connectivity index (χ1) is 14.3. The standard InChI is InChI=1S/C21H22FN3O3S2/c1-4-13-10-23-18(24-11-13)14-5-6-17(16(22)9-14)28-8-7-15-12-29-20(25-15)30-21(2,3)19(26)27/h5-6,9-12H,4,7-8H2,1-3H3,(H,26,27). The molecule has 0 unspecified atom stereocenters. The Bertz CT molecular complexity index is 1020. The van der Waals surface area contributed by atoms with Crippen LogP contribution in [0.25, 0.3) is 11.4 Å². The molecule has 3 aromatic rings. The summed E-state index contributed by atoms with van der Waals surface area (Å²) in [6.45, 7) is 5.56. The van der Waals surface area contributed by atoms with Gasteiger partial charge in [-0.25, -0.2) is 19.3 Å². The molecule has 1 N–H and O–H groups in total. The van der Waals surface area contributed by atoms with E-state index in [9.17, 15) is 14.3 Å². The van der Waals surface area contributed by atoms with Gasteiger partial charge in [0.15, 0.2) is 21.7 Å². The maximum atomic E-state index is 14.4. The molecule has 30 heavy (non-hydrogen) atoms. The summed E-state index contributed by atoms with van der Waals surface area (Å²) in [5.41, 5.74) is 2.39. The lowest BCUT2D eigenvalue weighted by Crippen LogP contribution is -2.26. The number of aromatic nitrogens is 3. The number of halogens is 1. The topological polar surface area (TPSA) is 85.2 Å². The van der Waals surface area contributed by atoms with Crippen LogP contribution < -0.4 is 4.74 Å². The van der Waals surface area contributed by atoms with Gasteiger partial charge >= 0.3 is 5.97 Å².